The van der Waals surface area contributed by atoms with Crippen LogP contribution < -0.4 is 14.4 Å². The molecular weight excluding hydrogens is 412 g/mol. The predicted octanol–water partition coefficient (Wildman–Crippen LogP) is 3.90. The molecule has 0 aliphatic carbocycles. The Labute approximate surface area is 185 Å². The van der Waals surface area contributed by atoms with E-state index in [1.54, 1.807) is 17.0 Å². The first-order valence-electron chi connectivity index (χ1n) is 9.94. The van der Waals surface area contributed by atoms with E-state index >= 15 is 0 Å². The molecule has 0 bridgehead atoms. The highest BCUT2D eigenvalue weighted by Gasteiger charge is 2.20. The van der Waals surface area contributed by atoms with E-state index in [2.05, 4.69) is 11.1 Å². The maximum atomic E-state index is 13.1. The van der Waals surface area contributed by atoms with Gasteiger partial charge in [0.25, 0.3) is 0 Å². The molecular formula is C23H22N4O3S. The number of hydrogen-bond acceptors (Lipinski definition) is 6. The van der Waals surface area contributed by atoms with Gasteiger partial charge in [0.15, 0.2) is 16.7 Å². The van der Waals surface area contributed by atoms with E-state index in [4.69, 9.17) is 14.7 Å². The van der Waals surface area contributed by atoms with Crippen LogP contribution in [0.4, 0.5) is 5.69 Å². The molecule has 2 aromatic carbocycles. The summed E-state index contributed by atoms with van der Waals surface area (Å²) in [4.78, 5) is 19.2. The van der Waals surface area contributed by atoms with Crippen LogP contribution in [0.1, 0.15) is 6.42 Å². The SMILES string of the molecule is Cn1c(-c2ccccc2)cnc1SCC(=O)N(CCC#N)c1ccc2c(c1)OCCO2. The van der Waals surface area contributed by atoms with Crippen LogP contribution in [-0.4, -0.2) is 41.0 Å². The molecule has 31 heavy (non-hydrogen) atoms. The Balaban J connectivity index is 1.49. The molecule has 7 nitrogen and oxygen atoms in total. The number of hydrogen-bond donors (Lipinski definition) is 0. The van der Waals surface area contributed by atoms with Crippen LogP contribution in [0.5, 0.6) is 11.5 Å². The lowest BCUT2D eigenvalue weighted by atomic mass is 10.2. The first kappa shape index (κ1) is 20.8. The zero-order valence-electron chi connectivity index (χ0n) is 17.2. The third-order valence-electron chi connectivity index (χ3n) is 4.93. The number of carbonyl (C=O) groups is 1. The predicted molar refractivity (Wildman–Crippen MR) is 119 cm³/mol. The second-order valence-corrected chi connectivity index (χ2v) is 7.86. The summed E-state index contributed by atoms with van der Waals surface area (Å²) >= 11 is 1.38. The molecule has 4 rings (SSSR count). The molecule has 158 valence electrons. The van der Waals surface area contributed by atoms with Gasteiger partial charge in [0, 0.05) is 25.3 Å². The lowest BCUT2D eigenvalue weighted by Crippen LogP contribution is -2.33. The highest BCUT2D eigenvalue weighted by Crippen LogP contribution is 2.34. The molecule has 1 aliphatic heterocycles. The maximum Gasteiger partial charge on any atom is 0.237 e. The van der Waals surface area contributed by atoms with E-state index in [-0.39, 0.29) is 18.1 Å². The topological polar surface area (TPSA) is 80.4 Å². The first-order chi connectivity index (χ1) is 15.2. The monoisotopic (exact) mass is 434 g/mol. The van der Waals surface area contributed by atoms with Crippen molar-refractivity contribution in [2.75, 3.05) is 30.4 Å². The van der Waals surface area contributed by atoms with Crippen LogP contribution in [0.15, 0.2) is 59.9 Å². The Bertz CT molecular complexity index is 1110. The minimum Gasteiger partial charge on any atom is -0.486 e. The van der Waals surface area contributed by atoms with Gasteiger partial charge in [0.2, 0.25) is 5.91 Å². The molecule has 0 saturated heterocycles. The standard InChI is InChI=1S/C23H22N4O3S/c1-26-19(17-6-3-2-4-7-17)15-25-23(26)31-16-22(28)27(11-5-10-24)18-8-9-20-21(14-18)30-13-12-29-20/h2-4,6-9,14-15H,5,11-13,16H2,1H3. The van der Waals surface area contributed by atoms with Crippen molar-refractivity contribution in [3.63, 3.8) is 0 Å². The van der Waals surface area contributed by atoms with Crippen molar-refractivity contribution in [1.29, 1.82) is 5.26 Å². The maximum absolute atomic E-state index is 13.1. The summed E-state index contributed by atoms with van der Waals surface area (Å²) in [5, 5.41) is 9.80. The summed E-state index contributed by atoms with van der Waals surface area (Å²) in [6.07, 6.45) is 2.06. The number of aromatic nitrogens is 2. The molecule has 0 radical (unpaired) electrons. The quantitative estimate of drug-likeness (QED) is 0.525. The Morgan fingerprint density at radius 2 is 1.97 bits per heavy atom. The molecule has 1 amide bonds. The number of anilines is 1. The van der Waals surface area contributed by atoms with E-state index in [1.807, 2.05) is 54.2 Å². The largest absolute Gasteiger partial charge is 0.486 e. The zero-order valence-corrected chi connectivity index (χ0v) is 18.0. The average molecular weight is 435 g/mol. The molecule has 0 fully saturated rings. The highest BCUT2D eigenvalue weighted by atomic mass is 32.2. The van der Waals surface area contributed by atoms with Gasteiger partial charge in [-0.05, 0) is 17.7 Å². The van der Waals surface area contributed by atoms with E-state index in [0.717, 1.165) is 16.4 Å². The lowest BCUT2D eigenvalue weighted by Gasteiger charge is -2.24. The Kier molecular flexibility index (Phi) is 6.43. The van der Waals surface area contributed by atoms with Crippen LogP contribution in [0, 0.1) is 11.3 Å². The van der Waals surface area contributed by atoms with Gasteiger partial charge in [-0.25, -0.2) is 4.98 Å². The van der Waals surface area contributed by atoms with Crippen molar-refractivity contribution < 1.29 is 14.3 Å². The molecule has 0 N–H and O–H groups in total. The van der Waals surface area contributed by atoms with E-state index < -0.39 is 0 Å². The number of nitrogens with zero attached hydrogens (tertiary/aromatic N) is 4. The van der Waals surface area contributed by atoms with Crippen molar-refractivity contribution >= 4 is 23.4 Å². The fraction of sp³-hybridized carbons (Fsp3) is 0.261. The fourth-order valence-electron chi connectivity index (χ4n) is 3.37. The van der Waals surface area contributed by atoms with Crippen molar-refractivity contribution in [2.45, 2.75) is 11.6 Å². The summed E-state index contributed by atoms with van der Waals surface area (Å²) in [5.41, 5.74) is 2.75. The Morgan fingerprint density at radius 1 is 1.19 bits per heavy atom. The second-order valence-electron chi connectivity index (χ2n) is 6.92. The normalized spacial score (nSPS) is 12.3. The molecule has 1 aliphatic rings. The van der Waals surface area contributed by atoms with Gasteiger partial charge in [-0.3, -0.25) is 4.79 Å². The molecule has 0 saturated carbocycles. The number of nitriles is 1. The van der Waals surface area contributed by atoms with E-state index in [9.17, 15) is 4.79 Å². The molecule has 0 atom stereocenters. The summed E-state index contributed by atoms with van der Waals surface area (Å²) in [6, 6.07) is 17.5. The molecule has 8 heteroatoms. The summed E-state index contributed by atoms with van der Waals surface area (Å²) in [5.74, 6) is 1.39. The molecule has 0 spiro atoms. The third-order valence-corrected chi connectivity index (χ3v) is 5.95. The molecule has 3 aromatic rings. The highest BCUT2D eigenvalue weighted by molar-refractivity contribution is 7.99. The molecule has 0 unspecified atom stereocenters. The van der Waals surface area contributed by atoms with Crippen molar-refractivity contribution in [1.82, 2.24) is 9.55 Å². The van der Waals surface area contributed by atoms with Gasteiger partial charge in [-0.1, -0.05) is 42.1 Å². The van der Waals surface area contributed by atoms with Crippen LogP contribution >= 0.6 is 11.8 Å². The van der Waals surface area contributed by atoms with Crippen molar-refractivity contribution in [3.05, 3.63) is 54.7 Å². The van der Waals surface area contributed by atoms with Crippen LogP contribution in [0.25, 0.3) is 11.3 Å². The van der Waals surface area contributed by atoms with Gasteiger partial charge in [-0.15, -0.1) is 0 Å². The second kappa shape index (κ2) is 9.58. The Hall–Kier alpha value is -3.44. The summed E-state index contributed by atoms with van der Waals surface area (Å²) in [7, 11) is 1.94. The number of ether oxygens (including phenoxy) is 2. The first-order valence-corrected chi connectivity index (χ1v) is 10.9. The Morgan fingerprint density at radius 3 is 2.74 bits per heavy atom. The minimum absolute atomic E-state index is 0.0961. The van der Waals surface area contributed by atoms with E-state index in [0.29, 0.717) is 36.9 Å². The smallest absolute Gasteiger partial charge is 0.237 e. The molecule has 1 aromatic heterocycles. The third kappa shape index (κ3) is 4.67. The van der Waals surface area contributed by atoms with Gasteiger partial charge in [-0.2, -0.15) is 5.26 Å². The fourth-order valence-corrected chi connectivity index (χ4v) is 4.20. The van der Waals surface area contributed by atoms with E-state index in [1.165, 1.54) is 11.8 Å². The van der Waals surface area contributed by atoms with Crippen LogP contribution in [0.2, 0.25) is 0 Å². The number of rotatable bonds is 7. The van der Waals surface area contributed by atoms with Gasteiger partial charge in [0.05, 0.1) is 30.1 Å². The number of benzene rings is 2. The summed E-state index contributed by atoms with van der Waals surface area (Å²) in [6.45, 7) is 1.29. The van der Waals surface area contributed by atoms with Crippen LogP contribution in [-0.2, 0) is 11.8 Å². The van der Waals surface area contributed by atoms with Gasteiger partial charge >= 0.3 is 0 Å². The number of amides is 1. The summed E-state index contributed by atoms with van der Waals surface area (Å²) < 4.78 is 13.2. The van der Waals surface area contributed by atoms with Gasteiger partial charge in [0.1, 0.15) is 13.2 Å². The number of imidazole rings is 1. The van der Waals surface area contributed by atoms with Gasteiger partial charge < -0.3 is 18.9 Å². The van der Waals surface area contributed by atoms with Crippen molar-refractivity contribution in [2.24, 2.45) is 7.05 Å². The van der Waals surface area contributed by atoms with Crippen molar-refractivity contribution in [3.8, 4) is 28.8 Å². The minimum atomic E-state index is -0.0961. The number of thioether (sulfide) groups is 1. The number of fused-ring (bicyclic) bond motifs is 1. The lowest BCUT2D eigenvalue weighted by molar-refractivity contribution is -0.116. The number of carbonyl (C=O) groups excluding carboxylic acids is 1. The average Bonchev–Trinajstić information content (AvgIpc) is 3.18. The zero-order chi connectivity index (χ0) is 21.6. The van der Waals surface area contributed by atoms with Crippen LogP contribution in [0.3, 0.4) is 0 Å². The molecule has 2 heterocycles.